The molecule has 1 heterocycles. The zero-order valence-corrected chi connectivity index (χ0v) is 19.2. The monoisotopic (exact) mass is 483 g/mol. The number of halogens is 5. The summed E-state index contributed by atoms with van der Waals surface area (Å²) in [5, 5.41) is 9.12. The van der Waals surface area contributed by atoms with Gasteiger partial charge in [-0.15, -0.1) is 0 Å². The standard InChI is InChI=1S/C26H30F5NO2/c1-18(17-32-13-11-25(27,28)12-14-32)3-2-4-20-6-5-19(16-24(33)34)15-23(20)21-7-9-22(10-8-21)26(29,30)31/h5-10,15,18H,2-4,11-14,16-17H2,1H3,(H,33,34). The predicted molar refractivity (Wildman–Crippen MR) is 121 cm³/mol. The molecule has 2 aromatic carbocycles. The number of aryl methyl sites for hydroxylation is 1. The lowest BCUT2D eigenvalue weighted by Gasteiger charge is -2.33. The van der Waals surface area contributed by atoms with Crippen LogP contribution in [0.15, 0.2) is 42.5 Å². The van der Waals surface area contributed by atoms with Crippen molar-refractivity contribution >= 4 is 5.97 Å². The van der Waals surface area contributed by atoms with Crippen molar-refractivity contribution in [1.82, 2.24) is 4.90 Å². The van der Waals surface area contributed by atoms with Gasteiger partial charge < -0.3 is 10.0 Å². The van der Waals surface area contributed by atoms with Gasteiger partial charge in [-0.2, -0.15) is 13.2 Å². The Hall–Kier alpha value is -2.48. The highest BCUT2D eigenvalue weighted by molar-refractivity contribution is 5.73. The predicted octanol–water partition coefficient (Wildman–Crippen LogP) is 6.69. The quantitative estimate of drug-likeness (QED) is 0.404. The second-order valence-electron chi connectivity index (χ2n) is 9.29. The molecule has 1 fully saturated rings. The molecule has 1 unspecified atom stereocenters. The maximum atomic E-state index is 13.3. The minimum atomic E-state index is -4.42. The average Bonchev–Trinajstić information content (AvgIpc) is 2.75. The average molecular weight is 484 g/mol. The van der Waals surface area contributed by atoms with Crippen LogP contribution in [-0.4, -0.2) is 41.5 Å². The zero-order chi connectivity index (χ0) is 24.9. The van der Waals surface area contributed by atoms with Crippen molar-refractivity contribution in [3.63, 3.8) is 0 Å². The Morgan fingerprint density at radius 1 is 1.09 bits per heavy atom. The SMILES string of the molecule is CC(CCCc1ccc(CC(=O)O)cc1-c1ccc(C(F)(F)F)cc1)CN1CCC(F)(F)CC1. The van der Waals surface area contributed by atoms with Gasteiger partial charge in [-0.05, 0) is 59.6 Å². The van der Waals surface area contributed by atoms with Gasteiger partial charge in [-0.1, -0.05) is 37.3 Å². The first-order chi connectivity index (χ1) is 15.9. The number of hydrogen-bond acceptors (Lipinski definition) is 2. The molecular weight excluding hydrogens is 453 g/mol. The number of alkyl halides is 5. The van der Waals surface area contributed by atoms with Gasteiger partial charge in [0.1, 0.15) is 0 Å². The van der Waals surface area contributed by atoms with E-state index in [1.165, 1.54) is 12.1 Å². The molecule has 0 amide bonds. The van der Waals surface area contributed by atoms with Crippen LogP contribution >= 0.6 is 0 Å². The molecule has 186 valence electrons. The highest BCUT2D eigenvalue weighted by Crippen LogP contribution is 2.33. The molecule has 1 atom stereocenters. The Morgan fingerprint density at radius 3 is 2.32 bits per heavy atom. The summed E-state index contributed by atoms with van der Waals surface area (Å²) in [6.07, 6.45) is -2.38. The number of carboxylic acid groups (broad SMARTS) is 1. The molecule has 0 aromatic heterocycles. The molecule has 1 aliphatic heterocycles. The van der Waals surface area contributed by atoms with E-state index in [1.807, 2.05) is 6.07 Å². The summed E-state index contributed by atoms with van der Waals surface area (Å²) in [6.45, 7) is 3.67. The van der Waals surface area contributed by atoms with Crippen LogP contribution in [-0.2, 0) is 23.8 Å². The number of nitrogens with zero attached hydrogens (tertiary/aromatic N) is 1. The van der Waals surface area contributed by atoms with E-state index in [4.69, 9.17) is 5.11 Å². The van der Waals surface area contributed by atoms with Crippen LogP contribution in [0.5, 0.6) is 0 Å². The van der Waals surface area contributed by atoms with Crippen LogP contribution in [0, 0.1) is 5.92 Å². The molecule has 0 radical (unpaired) electrons. The van der Waals surface area contributed by atoms with E-state index in [2.05, 4.69) is 11.8 Å². The number of carboxylic acids is 1. The van der Waals surface area contributed by atoms with Gasteiger partial charge in [-0.3, -0.25) is 4.79 Å². The Bertz CT molecular complexity index is 962. The lowest BCUT2D eigenvalue weighted by molar-refractivity contribution is -0.138. The molecule has 3 nitrogen and oxygen atoms in total. The molecular formula is C26H30F5NO2. The first kappa shape index (κ1) is 26.1. The van der Waals surface area contributed by atoms with Gasteiger partial charge in [0.25, 0.3) is 5.92 Å². The molecule has 1 N–H and O–H groups in total. The fourth-order valence-corrected chi connectivity index (χ4v) is 4.47. The van der Waals surface area contributed by atoms with Crippen molar-refractivity contribution < 1.29 is 31.9 Å². The first-order valence-electron chi connectivity index (χ1n) is 11.5. The van der Waals surface area contributed by atoms with Crippen molar-refractivity contribution in [2.24, 2.45) is 5.92 Å². The summed E-state index contributed by atoms with van der Waals surface area (Å²) in [4.78, 5) is 13.2. The summed E-state index contributed by atoms with van der Waals surface area (Å²) in [5.41, 5.74) is 2.14. The van der Waals surface area contributed by atoms with Crippen LogP contribution in [0.2, 0.25) is 0 Å². The van der Waals surface area contributed by atoms with Gasteiger partial charge in [0.05, 0.1) is 12.0 Å². The largest absolute Gasteiger partial charge is 0.481 e. The van der Waals surface area contributed by atoms with E-state index in [1.54, 1.807) is 12.1 Å². The van der Waals surface area contributed by atoms with Gasteiger partial charge >= 0.3 is 12.1 Å². The molecule has 1 aliphatic rings. The van der Waals surface area contributed by atoms with Crippen molar-refractivity contribution in [1.29, 1.82) is 0 Å². The number of carbonyl (C=O) groups is 1. The minimum absolute atomic E-state index is 0.0983. The van der Waals surface area contributed by atoms with Gasteiger partial charge in [-0.25, -0.2) is 8.78 Å². The smallest absolute Gasteiger partial charge is 0.416 e. The number of benzene rings is 2. The second kappa shape index (κ2) is 10.8. The van der Waals surface area contributed by atoms with Crippen molar-refractivity contribution in [2.75, 3.05) is 19.6 Å². The first-order valence-corrected chi connectivity index (χ1v) is 11.5. The number of likely N-dealkylation sites (tertiary alicyclic amines) is 1. The molecule has 0 spiro atoms. The van der Waals surface area contributed by atoms with E-state index in [0.717, 1.165) is 42.6 Å². The minimum Gasteiger partial charge on any atom is -0.481 e. The second-order valence-corrected chi connectivity index (χ2v) is 9.29. The number of rotatable bonds is 9. The molecule has 3 rings (SSSR count). The Kier molecular flexibility index (Phi) is 8.34. The Labute approximate surface area is 196 Å². The van der Waals surface area contributed by atoms with Crippen LogP contribution in [0.25, 0.3) is 11.1 Å². The fourth-order valence-electron chi connectivity index (χ4n) is 4.47. The molecule has 2 aromatic rings. The zero-order valence-electron chi connectivity index (χ0n) is 19.2. The van der Waals surface area contributed by atoms with Gasteiger partial charge in [0.2, 0.25) is 0 Å². The number of hydrogen-bond donors (Lipinski definition) is 1. The summed E-state index contributed by atoms with van der Waals surface area (Å²) < 4.78 is 65.5. The van der Waals surface area contributed by atoms with Gasteiger partial charge in [0.15, 0.2) is 0 Å². The van der Waals surface area contributed by atoms with Crippen molar-refractivity contribution in [2.45, 2.75) is 57.5 Å². The lowest BCUT2D eigenvalue weighted by atomic mass is 9.91. The highest BCUT2D eigenvalue weighted by atomic mass is 19.4. The lowest BCUT2D eigenvalue weighted by Crippen LogP contribution is -2.41. The normalized spacial score (nSPS) is 17.5. The highest BCUT2D eigenvalue weighted by Gasteiger charge is 2.34. The van der Waals surface area contributed by atoms with Crippen LogP contribution < -0.4 is 0 Å². The van der Waals surface area contributed by atoms with E-state index in [-0.39, 0.29) is 19.3 Å². The third-order valence-corrected chi connectivity index (χ3v) is 6.35. The summed E-state index contributed by atoms with van der Waals surface area (Å²) >= 11 is 0. The van der Waals surface area contributed by atoms with E-state index in [9.17, 15) is 26.7 Å². The molecule has 0 saturated carbocycles. The molecule has 0 bridgehead atoms. The van der Waals surface area contributed by atoms with Crippen LogP contribution in [0.4, 0.5) is 22.0 Å². The van der Waals surface area contributed by atoms with E-state index >= 15 is 0 Å². The molecule has 1 saturated heterocycles. The Morgan fingerprint density at radius 2 is 1.74 bits per heavy atom. The van der Waals surface area contributed by atoms with Gasteiger partial charge in [0, 0.05) is 32.5 Å². The van der Waals surface area contributed by atoms with E-state index in [0.29, 0.717) is 36.6 Å². The summed E-state index contributed by atoms with van der Waals surface area (Å²) in [7, 11) is 0. The Balaban J connectivity index is 1.66. The third kappa shape index (κ3) is 7.52. The fraction of sp³-hybridized carbons (Fsp3) is 0.500. The maximum Gasteiger partial charge on any atom is 0.416 e. The molecule has 0 aliphatic carbocycles. The van der Waals surface area contributed by atoms with Crippen LogP contribution in [0.1, 0.15) is 49.3 Å². The van der Waals surface area contributed by atoms with Crippen LogP contribution in [0.3, 0.4) is 0 Å². The third-order valence-electron chi connectivity index (χ3n) is 6.35. The number of piperidine rings is 1. The molecule has 8 heteroatoms. The maximum absolute atomic E-state index is 13.3. The summed E-state index contributed by atoms with van der Waals surface area (Å²) in [6, 6.07) is 10.2. The van der Waals surface area contributed by atoms with Crippen molar-refractivity contribution in [3.8, 4) is 11.1 Å². The number of aliphatic carboxylic acids is 1. The van der Waals surface area contributed by atoms with E-state index < -0.39 is 23.6 Å². The molecule has 34 heavy (non-hydrogen) atoms. The summed E-state index contributed by atoms with van der Waals surface area (Å²) in [5.74, 6) is -3.20. The topological polar surface area (TPSA) is 40.5 Å². The van der Waals surface area contributed by atoms with Crippen molar-refractivity contribution in [3.05, 3.63) is 59.2 Å².